The Hall–Kier alpha value is -3.06. The highest BCUT2D eigenvalue weighted by molar-refractivity contribution is 5.87. The van der Waals surface area contributed by atoms with Gasteiger partial charge in [0.25, 0.3) is 5.89 Å². The Morgan fingerprint density at radius 3 is 2.57 bits per heavy atom. The monoisotopic (exact) mass is 403 g/mol. The lowest BCUT2D eigenvalue weighted by molar-refractivity contribution is -0.148. The van der Waals surface area contributed by atoms with Gasteiger partial charge >= 0.3 is 0 Å². The Kier molecular flexibility index (Phi) is 5.04. The summed E-state index contributed by atoms with van der Waals surface area (Å²) >= 11 is 0. The summed E-state index contributed by atoms with van der Waals surface area (Å²) in [4.78, 5) is 26.8. The van der Waals surface area contributed by atoms with Gasteiger partial charge in [-0.15, -0.1) is 0 Å². The standard InChI is InChI=1S/C23H25N5O2/c29-22-23(11-6-14-27(22)16-19-10-4-5-13-24-19)12-7-15-28(23)17-20-25-21(30-26-20)18-8-2-1-3-9-18/h1-5,8-10,13H,6-7,11-12,14-17H2. The molecule has 30 heavy (non-hydrogen) atoms. The van der Waals surface area contributed by atoms with Gasteiger partial charge in [0.2, 0.25) is 5.91 Å². The average molecular weight is 403 g/mol. The summed E-state index contributed by atoms with van der Waals surface area (Å²) < 4.78 is 5.47. The zero-order chi connectivity index (χ0) is 20.4. The van der Waals surface area contributed by atoms with Crippen LogP contribution in [0.2, 0.25) is 0 Å². The molecule has 3 aromatic rings. The molecule has 0 radical (unpaired) electrons. The first-order chi connectivity index (χ1) is 14.7. The number of rotatable bonds is 5. The van der Waals surface area contributed by atoms with Crippen LogP contribution in [0.5, 0.6) is 0 Å². The normalized spacial score (nSPS) is 22.1. The molecular weight excluding hydrogens is 378 g/mol. The number of nitrogens with zero attached hydrogens (tertiary/aromatic N) is 5. The summed E-state index contributed by atoms with van der Waals surface area (Å²) in [7, 11) is 0. The number of aromatic nitrogens is 3. The van der Waals surface area contributed by atoms with Crippen molar-refractivity contribution in [2.75, 3.05) is 13.1 Å². The van der Waals surface area contributed by atoms with Crippen molar-refractivity contribution in [3.05, 3.63) is 66.2 Å². The zero-order valence-corrected chi connectivity index (χ0v) is 16.9. The van der Waals surface area contributed by atoms with Crippen LogP contribution in [0.1, 0.15) is 37.2 Å². The molecule has 1 spiro atoms. The number of hydrogen-bond donors (Lipinski definition) is 0. The van der Waals surface area contributed by atoms with Crippen molar-refractivity contribution < 1.29 is 9.32 Å². The molecule has 2 fully saturated rings. The number of amides is 1. The Balaban J connectivity index is 1.34. The quantitative estimate of drug-likeness (QED) is 0.651. The fourth-order valence-corrected chi connectivity index (χ4v) is 4.78. The Labute approximate surface area is 175 Å². The highest BCUT2D eigenvalue weighted by Gasteiger charge is 2.51. The first-order valence-electron chi connectivity index (χ1n) is 10.6. The summed E-state index contributed by atoms with van der Waals surface area (Å²) in [6, 6.07) is 15.6. The van der Waals surface area contributed by atoms with Gasteiger partial charge in [0.1, 0.15) is 5.54 Å². The van der Waals surface area contributed by atoms with Gasteiger partial charge in [-0.1, -0.05) is 29.4 Å². The highest BCUT2D eigenvalue weighted by atomic mass is 16.5. The molecule has 7 nitrogen and oxygen atoms in total. The van der Waals surface area contributed by atoms with Crippen LogP contribution >= 0.6 is 0 Å². The first-order valence-corrected chi connectivity index (χ1v) is 10.6. The first kappa shape index (κ1) is 18.9. The molecule has 1 unspecified atom stereocenters. The average Bonchev–Trinajstić information content (AvgIpc) is 3.41. The largest absolute Gasteiger partial charge is 0.335 e. The van der Waals surface area contributed by atoms with Crippen LogP contribution in [0.15, 0.2) is 59.3 Å². The predicted molar refractivity (Wildman–Crippen MR) is 111 cm³/mol. The maximum absolute atomic E-state index is 13.6. The molecule has 0 aliphatic carbocycles. The highest BCUT2D eigenvalue weighted by Crippen LogP contribution is 2.39. The predicted octanol–water partition coefficient (Wildman–Crippen LogP) is 3.29. The summed E-state index contributed by atoms with van der Waals surface area (Å²) in [5, 5.41) is 4.18. The molecule has 2 aliphatic rings. The molecule has 2 saturated heterocycles. The van der Waals surface area contributed by atoms with Crippen molar-refractivity contribution in [2.45, 2.75) is 44.3 Å². The van der Waals surface area contributed by atoms with Crippen LogP contribution in [-0.4, -0.2) is 49.5 Å². The molecule has 5 rings (SSSR count). The van der Waals surface area contributed by atoms with E-state index >= 15 is 0 Å². The van der Waals surface area contributed by atoms with E-state index in [0.717, 1.165) is 50.0 Å². The van der Waals surface area contributed by atoms with Gasteiger partial charge in [-0.2, -0.15) is 4.98 Å². The lowest BCUT2D eigenvalue weighted by atomic mass is 9.85. The van der Waals surface area contributed by atoms with Crippen LogP contribution in [0.4, 0.5) is 0 Å². The molecule has 0 bridgehead atoms. The van der Waals surface area contributed by atoms with E-state index in [1.54, 1.807) is 6.20 Å². The van der Waals surface area contributed by atoms with Gasteiger partial charge in [-0.3, -0.25) is 14.7 Å². The molecule has 4 heterocycles. The third-order valence-electron chi connectivity index (χ3n) is 6.23. The van der Waals surface area contributed by atoms with Crippen molar-refractivity contribution in [1.82, 2.24) is 24.9 Å². The second-order valence-corrected chi connectivity index (χ2v) is 8.09. The summed E-state index contributed by atoms with van der Waals surface area (Å²) in [5.41, 5.74) is 1.38. The third kappa shape index (κ3) is 3.50. The maximum Gasteiger partial charge on any atom is 0.257 e. The topological polar surface area (TPSA) is 75.4 Å². The molecule has 1 aromatic carbocycles. The molecule has 0 N–H and O–H groups in total. The molecule has 7 heteroatoms. The van der Waals surface area contributed by atoms with Gasteiger partial charge in [-0.25, -0.2) is 0 Å². The van der Waals surface area contributed by atoms with E-state index in [0.29, 0.717) is 24.8 Å². The van der Waals surface area contributed by atoms with Gasteiger partial charge in [0.15, 0.2) is 5.82 Å². The second-order valence-electron chi connectivity index (χ2n) is 8.09. The fraction of sp³-hybridized carbons (Fsp3) is 0.391. The zero-order valence-electron chi connectivity index (χ0n) is 16.9. The van der Waals surface area contributed by atoms with E-state index in [9.17, 15) is 4.79 Å². The van der Waals surface area contributed by atoms with E-state index in [2.05, 4.69) is 20.0 Å². The molecule has 2 aromatic heterocycles. The summed E-state index contributed by atoms with van der Waals surface area (Å²) in [6.07, 6.45) is 5.55. The van der Waals surface area contributed by atoms with Gasteiger partial charge in [-0.05, 0) is 56.5 Å². The van der Waals surface area contributed by atoms with Crippen LogP contribution in [0.3, 0.4) is 0 Å². The minimum Gasteiger partial charge on any atom is -0.335 e. The number of pyridine rings is 1. The molecule has 0 saturated carbocycles. The summed E-state index contributed by atoms with van der Waals surface area (Å²) in [6.45, 7) is 2.75. The molecular formula is C23H25N5O2. The van der Waals surface area contributed by atoms with Gasteiger partial charge < -0.3 is 9.42 Å². The molecule has 1 atom stereocenters. The lowest BCUT2D eigenvalue weighted by Crippen LogP contribution is -2.59. The van der Waals surface area contributed by atoms with Crippen molar-refractivity contribution in [3.8, 4) is 11.5 Å². The van der Waals surface area contributed by atoms with Crippen molar-refractivity contribution in [1.29, 1.82) is 0 Å². The van der Waals surface area contributed by atoms with Crippen molar-refractivity contribution in [3.63, 3.8) is 0 Å². The number of benzene rings is 1. The Morgan fingerprint density at radius 1 is 0.967 bits per heavy atom. The van der Waals surface area contributed by atoms with Crippen LogP contribution in [0.25, 0.3) is 11.5 Å². The van der Waals surface area contributed by atoms with Crippen LogP contribution in [0, 0.1) is 0 Å². The number of hydrogen-bond acceptors (Lipinski definition) is 6. The van der Waals surface area contributed by atoms with E-state index in [-0.39, 0.29) is 5.91 Å². The lowest BCUT2D eigenvalue weighted by Gasteiger charge is -2.44. The number of likely N-dealkylation sites (tertiary alicyclic amines) is 2. The maximum atomic E-state index is 13.6. The number of piperidine rings is 1. The third-order valence-corrected chi connectivity index (χ3v) is 6.23. The summed E-state index contributed by atoms with van der Waals surface area (Å²) in [5.74, 6) is 1.36. The molecule has 2 aliphatic heterocycles. The van der Waals surface area contributed by atoms with Gasteiger partial charge in [0.05, 0.1) is 18.8 Å². The van der Waals surface area contributed by atoms with Gasteiger partial charge in [0, 0.05) is 18.3 Å². The van der Waals surface area contributed by atoms with Crippen LogP contribution < -0.4 is 0 Å². The van der Waals surface area contributed by atoms with Crippen molar-refractivity contribution in [2.24, 2.45) is 0 Å². The molecule has 154 valence electrons. The Morgan fingerprint density at radius 2 is 1.77 bits per heavy atom. The Bertz CT molecular complexity index is 1010. The fourth-order valence-electron chi connectivity index (χ4n) is 4.78. The number of carbonyl (C=O) groups excluding carboxylic acids is 1. The minimum atomic E-state index is -0.458. The van der Waals surface area contributed by atoms with E-state index < -0.39 is 5.54 Å². The van der Waals surface area contributed by atoms with E-state index in [1.807, 2.05) is 53.4 Å². The second kappa shape index (κ2) is 7.99. The van der Waals surface area contributed by atoms with E-state index in [1.165, 1.54) is 0 Å². The smallest absolute Gasteiger partial charge is 0.257 e. The van der Waals surface area contributed by atoms with Crippen molar-refractivity contribution >= 4 is 5.91 Å². The SMILES string of the molecule is O=C1N(Cc2ccccn2)CCCC12CCCN2Cc1noc(-c2ccccc2)n1. The number of carbonyl (C=O) groups is 1. The van der Waals surface area contributed by atoms with Crippen LogP contribution in [-0.2, 0) is 17.9 Å². The van der Waals surface area contributed by atoms with E-state index in [4.69, 9.17) is 4.52 Å². The molecule has 1 amide bonds. The minimum absolute atomic E-state index is 0.212.